The number of aromatic nitrogens is 2. The minimum atomic E-state index is -2.65. The van der Waals surface area contributed by atoms with Gasteiger partial charge in [0.1, 0.15) is 12.8 Å². The Morgan fingerprint density at radius 3 is 2.83 bits per heavy atom. The lowest BCUT2D eigenvalue weighted by Gasteiger charge is -2.21. The van der Waals surface area contributed by atoms with Gasteiger partial charge in [0, 0.05) is 18.9 Å². The van der Waals surface area contributed by atoms with Crippen LogP contribution in [0.1, 0.15) is 25.0 Å². The first-order valence-electron chi connectivity index (χ1n) is 5.61. The van der Waals surface area contributed by atoms with Crippen LogP contribution in [0, 0.1) is 0 Å². The molecule has 1 aliphatic carbocycles. The Balaban J connectivity index is 2.30. The summed E-state index contributed by atoms with van der Waals surface area (Å²) in [6, 6.07) is 2.79. The van der Waals surface area contributed by atoms with E-state index in [2.05, 4.69) is 5.10 Å². The average Bonchev–Trinajstić information content (AvgIpc) is 2.32. The molecule has 0 fully saturated rings. The highest BCUT2D eigenvalue weighted by molar-refractivity contribution is 5.63. The molecule has 6 heteroatoms. The molecule has 0 saturated carbocycles. The number of hydrogen-bond donors (Lipinski definition) is 0. The lowest BCUT2D eigenvalue weighted by Crippen LogP contribution is -2.24. The Morgan fingerprint density at radius 2 is 2.22 bits per heavy atom. The molecule has 0 radical (unpaired) electrons. The Kier molecular flexibility index (Phi) is 3.36. The van der Waals surface area contributed by atoms with E-state index >= 15 is 0 Å². The lowest BCUT2D eigenvalue weighted by molar-refractivity contribution is -0.108. The van der Waals surface area contributed by atoms with Crippen molar-refractivity contribution in [1.29, 1.82) is 0 Å². The zero-order chi connectivity index (χ0) is 13.2. The molecule has 1 aliphatic rings. The zero-order valence-corrected chi connectivity index (χ0v) is 9.60. The maximum absolute atomic E-state index is 13.0. The summed E-state index contributed by atoms with van der Waals surface area (Å²) in [5, 5.41) is 3.99. The number of hydrogen-bond acceptors (Lipinski definition) is 3. The van der Waals surface area contributed by atoms with Crippen LogP contribution >= 0.6 is 0 Å². The summed E-state index contributed by atoms with van der Waals surface area (Å²) in [6.45, 7) is -0.129. The minimum absolute atomic E-state index is 0.129. The van der Waals surface area contributed by atoms with Crippen molar-refractivity contribution in [2.45, 2.75) is 31.7 Å². The van der Waals surface area contributed by atoms with Gasteiger partial charge in [0.25, 0.3) is 11.5 Å². The Morgan fingerprint density at radius 1 is 1.44 bits per heavy atom. The van der Waals surface area contributed by atoms with E-state index in [-0.39, 0.29) is 31.4 Å². The molecule has 0 spiro atoms. The molecule has 0 aromatic carbocycles. The maximum atomic E-state index is 13.0. The first kappa shape index (κ1) is 12.6. The molecule has 1 aromatic heterocycles. The molecule has 0 unspecified atom stereocenters. The van der Waals surface area contributed by atoms with Crippen molar-refractivity contribution in [3.05, 3.63) is 34.3 Å². The van der Waals surface area contributed by atoms with Crippen LogP contribution in [-0.2, 0) is 11.3 Å². The predicted molar refractivity (Wildman–Crippen MR) is 61.3 cm³/mol. The third-order valence-electron chi connectivity index (χ3n) is 2.85. The number of aldehydes is 1. The van der Waals surface area contributed by atoms with Crippen molar-refractivity contribution in [2.24, 2.45) is 0 Å². The molecule has 96 valence electrons. The highest BCUT2D eigenvalue weighted by atomic mass is 19.3. The van der Waals surface area contributed by atoms with Crippen LogP contribution < -0.4 is 5.56 Å². The first-order chi connectivity index (χ1) is 8.52. The molecule has 1 heterocycles. The normalized spacial score (nSPS) is 18.2. The van der Waals surface area contributed by atoms with Gasteiger partial charge in [0.05, 0.1) is 5.69 Å². The van der Waals surface area contributed by atoms with E-state index < -0.39 is 5.92 Å². The molecule has 0 bridgehead atoms. The number of alkyl halides is 2. The van der Waals surface area contributed by atoms with E-state index in [0.717, 1.165) is 4.68 Å². The molecule has 1 aromatic rings. The summed E-state index contributed by atoms with van der Waals surface area (Å²) in [4.78, 5) is 21.7. The van der Waals surface area contributed by atoms with Crippen molar-refractivity contribution >= 4 is 11.9 Å². The smallest absolute Gasteiger partial charge is 0.267 e. The van der Waals surface area contributed by atoms with Gasteiger partial charge in [-0.15, -0.1) is 0 Å². The van der Waals surface area contributed by atoms with Crippen molar-refractivity contribution < 1.29 is 13.6 Å². The predicted octanol–water partition coefficient (Wildman–Crippen LogP) is 1.64. The molecular weight excluding hydrogens is 242 g/mol. The van der Waals surface area contributed by atoms with E-state index in [4.69, 9.17) is 0 Å². The van der Waals surface area contributed by atoms with Gasteiger partial charge >= 0.3 is 0 Å². The number of nitrogens with zero attached hydrogens (tertiary/aromatic N) is 2. The van der Waals surface area contributed by atoms with Crippen molar-refractivity contribution in [3.8, 4) is 0 Å². The first-order valence-corrected chi connectivity index (χ1v) is 5.61. The SMILES string of the molecule is O=CCn1nc(C2=CCC(F)(F)CC2)ccc1=O. The summed E-state index contributed by atoms with van der Waals surface area (Å²) in [5.41, 5.74) is 0.792. The van der Waals surface area contributed by atoms with E-state index in [1.165, 1.54) is 18.2 Å². The third-order valence-corrected chi connectivity index (χ3v) is 2.85. The molecule has 18 heavy (non-hydrogen) atoms. The number of carbonyl (C=O) groups is 1. The summed E-state index contributed by atoms with van der Waals surface area (Å²) < 4.78 is 27.0. The fourth-order valence-corrected chi connectivity index (χ4v) is 1.85. The second-order valence-electron chi connectivity index (χ2n) is 4.20. The number of halogens is 2. The Hall–Kier alpha value is -1.85. The number of carbonyl (C=O) groups excluding carboxylic acids is 1. The number of allylic oxidation sites excluding steroid dienone is 2. The van der Waals surface area contributed by atoms with Crippen LogP contribution in [-0.4, -0.2) is 22.0 Å². The zero-order valence-electron chi connectivity index (χ0n) is 9.60. The van der Waals surface area contributed by atoms with Gasteiger partial charge in [-0.05, 0) is 18.1 Å². The highest BCUT2D eigenvalue weighted by Gasteiger charge is 2.31. The van der Waals surface area contributed by atoms with Crippen molar-refractivity contribution in [1.82, 2.24) is 9.78 Å². The topological polar surface area (TPSA) is 52.0 Å². The average molecular weight is 254 g/mol. The Labute approximate surface area is 102 Å². The highest BCUT2D eigenvalue weighted by Crippen LogP contribution is 2.35. The van der Waals surface area contributed by atoms with Gasteiger partial charge in [-0.2, -0.15) is 5.10 Å². The summed E-state index contributed by atoms with van der Waals surface area (Å²) in [5.74, 6) is -2.65. The Bertz CT molecular complexity index is 549. The molecule has 2 rings (SSSR count). The van der Waals surface area contributed by atoms with Gasteiger partial charge in [-0.25, -0.2) is 13.5 Å². The van der Waals surface area contributed by atoms with Crippen molar-refractivity contribution in [3.63, 3.8) is 0 Å². The van der Waals surface area contributed by atoms with E-state index in [1.54, 1.807) is 0 Å². The molecule has 0 N–H and O–H groups in total. The largest absolute Gasteiger partial charge is 0.301 e. The van der Waals surface area contributed by atoms with Gasteiger partial charge < -0.3 is 4.79 Å². The number of rotatable bonds is 3. The van der Waals surface area contributed by atoms with E-state index in [9.17, 15) is 18.4 Å². The van der Waals surface area contributed by atoms with Crippen LogP contribution in [0.25, 0.3) is 5.57 Å². The summed E-state index contributed by atoms with van der Waals surface area (Å²) >= 11 is 0. The molecule has 0 saturated heterocycles. The molecule has 0 aliphatic heterocycles. The lowest BCUT2D eigenvalue weighted by atomic mass is 9.94. The third kappa shape index (κ3) is 2.69. The second-order valence-corrected chi connectivity index (χ2v) is 4.20. The van der Waals surface area contributed by atoms with Gasteiger partial charge in [0.15, 0.2) is 0 Å². The van der Waals surface area contributed by atoms with Crippen LogP contribution in [0.4, 0.5) is 8.78 Å². The van der Waals surface area contributed by atoms with Crippen molar-refractivity contribution in [2.75, 3.05) is 0 Å². The van der Waals surface area contributed by atoms with Crippen LogP contribution in [0.5, 0.6) is 0 Å². The van der Waals surface area contributed by atoms with E-state index in [1.807, 2.05) is 0 Å². The quantitative estimate of drug-likeness (QED) is 0.770. The van der Waals surface area contributed by atoms with Crippen LogP contribution in [0.15, 0.2) is 23.0 Å². The van der Waals surface area contributed by atoms with E-state index in [0.29, 0.717) is 17.6 Å². The standard InChI is InChI=1S/C12H12F2N2O2/c13-12(14)5-3-9(4-6-12)10-1-2-11(18)16(15-10)7-8-17/h1-3,8H,4-7H2. The van der Waals surface area contributed by atoms with Gasteiger partial charge in [-0.1, -0.05) is 6.08 Å². The fourth-order valence-electron chi connectivity index (χ4n) is 1.85. The van der Waals surface area contributed by atoms with Gasteiger partial charge in [-0.3, -0.25) is 4.79 Å². The van der Waals surface area contributed by atoms with Gasteiger partial charge in [0.2, 0.25) is 0 Å². The molecule has 0 amide bonds. The molecule has 0 atom stereocenters. The second kappa shape index (κ2) is 4.80. The van der Waals surface area contributed by atoms with Crippen LogP contribution in [0.3, 0.4) is 0 Å². The minimum Gasteiger partial charge on any atom is -0.301 e. The molecular formula is C12H12F2N2O2. The maximum Gasteiger partial charge on any atom is 0.267 e. The summed E-state index contributed by atoms with van der Waals surface area (Å²) in [6.07, 6.45) is 1.71. The molecule has 4 nitrogen and oxygen atoms in total. The van der Waals surface area contributed by atoms with Crippen LogP contribution in [0.2, 0.25) is 0 Å². The summed E-state index contributed by atoms with van der Waals surface area (Å²) in [7, 11) is 0. The monoisotopic (exact) mass is 254 g/mol. The fraction of sp³-hybridized carbons (Fsp3) is 0.417.